The SMILES string of the molecule is CC1Cc2oc([N+](=O)[O-])c([N+](=O)[O-])c21. The lowest BCUT2D eigenvalue weighted by molar-refractivity contribution is -0.433. The van der Waals surface area contributed by atoms with Gasteiger partial charge in [0.25, 0.3) is 0 Å². The van der Waals surface area contributed by atoms with Gasteiger partial charge in [0, 0.05) is 6.42 Å². The monoisotopic (exact) mass is 198 g/mol. The number of fused-ring (bicyclic) bond motifs is 1. The molecule has 1 aromatic rings. The highest BCUT2D eigenvalue weighted by Gasteiger charge is 2.45. The Bertz CT molecular complexity index is 436. The molecule has 14 heavy (non-hydrogen) atoms. The minimum atomic E-state index is -0.858. The molecule has 0 fully saturated rings. The van der Waals surface area contributed by atoms with Gasteiger partial charge in [-0.15, -0.1) is 0 Å². The zero-order valence-corrected chi connectivity index (χ0v) is 7.22. The highest BCUT2D eigenvalue weighted by atomic mass is 16.7. The summed E-state index contributed by atoms with van der Waals surface area (Å²) < 4.78 is 4.78. The van der Waals surface area contributed by atoms with Crippen LogP contribution in [0.3, 0.4) is 0 Å². The van der Waals surface area contributed by atoms with Crippen molar-refractivity contribution in [1.82, 2.24) is 0 Å². The van der Waals surface area contributed by atoms with Crippen LogP contribution in [-0.2, 0) is 6.42 Å². The van der Waals surface area contributed by atoms with Gasteiger partial charge >= 0.3 is 11.6 Å². The first kappa shape index (κ1) is 8.67. The molecule has 0 spiro atoms. The summed E-state index contributed by atoms with van der Waals surface area (Å²) in [4.78, 5) is 19.4. The van der Waals surface area contributed by atoms with Crippen LogP contribution in [0, 0.1) is 20.2 Å². The summed E-state index contributed by atoms with van der Waals surface area (Å²) in [6, 6.07) is 0. The molecule has 1 heterocycles. The predicted octanol–water partition coefficient (Wildman–Crippen LogP) is 1.76. The van der Waals surface area contributed by atoms with Gasteiger partial charge in [-0.1, -0.05) is 6.92 Å². The lowest BCUT2D eigenvalue weighted by atomic mass is 9.84. The molecule has 1 aliphatic carbocycles. The van der Waals surface area contributed by atoms with Gasteiger partial charge in [-0.3, -0.25) is 20.2 Å². The highest BCUT2D eigenvalue weighted by molar-refractivity contribution is 5.59. The number of hydrogen-bond donors (Lipinski definition) is 0. The van der Waals surface area contributed by atoms with Gasteiger partial charge in [0.1, 0.15) is 10.7 Å². The Labute approximate surface area is 77.6 Å². The van der Waals surface area contributed by atoms with Crippen LogP contribution in [0.1, 0.15) is 24.2 Å². The average Bonchev–Trinajstić information content (AvgIpc) is 2.37. The maximum Gasteiger partial charge on any atom is 0.512 e. The maximum atomic E-state index is 10.6. The van der Waals surface area contributed by atoms with E-state index in [-0.39, 0.29) is 5.92 Å². The van der Waals surface area contributed by atoms with Gasteiger partial charge < -0.3 is 4.42 Å². The molecule has 0 amide bonds. The Hall–Kier alpha value is -1.92. The predicted molar refractivity (Wildman–Crippen MR) is 44.1 cm³/mol. The first-order chi connectivity index (χ1) is 6.52. The van der Waals surface area contributed by atoms with E-state index in [0.717, 1.165) is 0 Å². The first-order valence-corrected chi connectivity index (χ1v) is 3.96. The van der Waals surface area contributed by atoms with Gasteiger partial charge in [-0.25, -0.2) is 0 Å². The third kappa shape index (κ3) is 0.918. The number of hydrogen-bond acceptors (Lipinski definition) is 5. The third-order valence-corrected chi connectivity index (χ3v) is 2.31. The third-order valence-electron chi connectivity index (χ3n) is 2.31. The Morgan fingerprint density at radius 2 is 2.00 bits per heavy atom. The van der Waals surface area contributed by atoms with Crippen LogP contribution in [0.2, 0.25) is 0 Å². The Morgan fingerprint density at radius 1 is 1.36 bits per heavy atom. The minimum Gasteiger partial charge on any atom is -0.400 e. The van der Waals surface area contributed by atoms with E-state index in [0.29, 0.717) is 17.7 Å². The van der Waals surface area contributed by atoms with Crippen molar-refractivity contribution >= 4 is 11.6 Å². The summed E-state index contributed by atoms with van der Waals surface area (Å²) in [6.07, 6.45) is 0.532. The summed E-state index contributed by atoms with van der Waals surface area (Å²) in [5.74, 6) is -0.400. The molecule has 74 valence electrons. The van der Waals surface area contributed by atoms with Crippen LogP contribution in [0.25, 0.3) is 0 Å². The van der Waals surface area contributed by atoms with Gasteiger partial charge in [0.2, 0.25) is 0 Å². The van der Waals surface area contributed by atoms with Crippen molar-refractivity contribution in [2.75, 3.05) is 0 Å². The van der Waals surface area contributed by atoms with Crippen molar-refractivity contribution in [1.29, 1.82) is 0 Å². The first-order valence-electron chi connectivity index (χ1n) is 3.96. The second-order valence-electron chi connectivity index (χ2n) is 3.21. The Kier molecular flexibility index (Phi) is 1.57. The molecule has 0 aliphatic heterocycles. The zero-order valence-electron chi connectivity index (χ0n) is 7.22. The summed E-state index contributed by atoms with van der Waals surface area (Å²) >= 11 is 0. The topological polar surface area (TPSA) is 99.4 Å². The van der Waals surface area contributed by atoms with Gasteiger partial charge in [0.05, 0.1) is 10.5 Å². The summed E-state index contributed by atoms with van der Waals surface area (Å²) in [6.45, 7) is 1.77. The summed E-state index contributed by atoms with van der Waals surface area (Å²) in [5, 5.41) is 21.0. The van der Waals surface area contributed by atoms with E-state index >= 15 is 0 Å². The van der Waals surface area contributed by atoms with Gasteiger partial charge in [0.15, 0.2) is 0 Å². The summed E-state index contributed by atoms with van der Waals surface area (Å²) in [7, 11) is 0. The molecular weight excluding hydrogens is 192 g/mol. The lowest BCUT2D eigenvalue weighted by Gasteiger charge is -2.17. The zero-order chi connectivity index (χ0) is 10.5. The fourth-order valence-electron chi connectivity index (χ4n) is 1.68. The molecule has 1 aromatic heterocycles. The molecule has 2 rings (SSSR count). The number of rotatable bonds is 2. The van der Waals surface area contributed by atoms with Crippen molar-refractivity contribution in [2.24, 2.45) is 0 Å². The Balaban J connectivity index is 2.63. The minimum absolute atomic E-state index is 0.0251. The maximum absolute atomic E-state index is 10.6. The molecule has 0 bridgehead atoms. The fraction of sp³-hybridized carbons (Fsp3) is 0.429. The molecule has 0 radical (unpaired) electrons. The van der Waals surface area contributed by atoms with E-state index in [4.69, 9.17) is 4.42 Å². The smallest absolute Gasteiger partial charge is 0.400 e. The van der Waals surface area contributed by atoms with E-state index in [1.54, 1.807) is 6.92 Å². The largest absolute Gasteiger partial charge is 0.512 e. The van der Waals surface area contributed by atoms with Crippen LogP contribution in [-0.4, -0.2) is 9.85 Å². The van der Waals surface area contributed by atoms with E-state index in [1.807, 2.05) is 0 Å². The van der Waals surface area contributed by atoms with E-state index < -0.39 is 21.4 Å². The van der Waals surface area contributed by atoms with Gasteiger partial charge in [-0.2, -0.15) is 0 Å². The number of nitrogens with zero attached hydrogens (tertiary/aromatic N) is 2. The molecule has 1 atom stereocenters. The van der Waals surface area contributed by atoms with Crippen molar-refractivity contribution in [3.63, 3.8) is 0 Å². The molecule has 0 saturated carbocycles. The van der Waals surface area contributed by atoms with Crippen LogP contribution in [0.4, 0.5) is 11.6 Å². The second-order valence-corrected chi connectivity index (χ2v) is 3.21. The standard InChI is InChI=1S/C7H6N2O5/c1-3-2-4-5(3)6(8(10)11)7(14-4)9(12)13/h3H,2H2,1H3. The van der Waals surface area contributed by atoms with Crippen molar-refractivity contribution in [3.8, 4) is 0 Å². The van der Waals surface area contributed by atoms with Crippen LogP contribution >= 0.6 is 0 Å². The molecule has 7 heteroatoms. The average molecular weight is 198 g/mol. The second kappa shape index (κ2) is 2.53. The lowest BCUT2D eigenvalue weighted by Crippen LogP contribution is -2.12. The molecule has 1 aliphatic rings. The molecular formula is C7H6N2O5. The number of furan rings is 1. The molecule has 0 aromatic carbocycles. The highest BCUT2D eigenvalue weighted by Crippen LogP contribution is 2.48. The van der Waals surface area contributed by atoms with E-state index in [2.05, 4.69) is 0 Å². The van der Waals surface area contributed by atoms with Crippen LogP contribution in [0.5, 0.6) is 0 Å². The normalized spacial score (nSPS) is 18.5. The van der Waals surface area contributed by atoms with Crippen LogP contribution < -0.4 is 0 Å². The molecule has 1 unspecified atom stereocenters. The molecule has 0 saturated heterocycles. The molecule has 7 nitrogen and oxygen atoms in total. The number of nitro groups is 2. The van der Waals surface area contributed by atoms with Gasteiger partial charge in [-0.05, 0) is 5.92 Å². The quantitative estimate of drug-likeness (QED) is 0.532. The molecule has 0 N–H and O–H groups in total. The van der Waals surface area contributed by atoms with Crippen molar-refractivity contribution in [2.45, 2.75) is 19.3 Å². The fourth-order valence-corrected chi connectivity index (χ4v) is 1.68. The summed E-state index contributed by atoms with van der Waals surface area (Å²) in [5.41, 5.74) is -0.106. The van der Waals surface area contributed by atoms with Crippen LogP contribution in [0.15, 0.2) is 4.42 Å². The van der Waals surface area contributed by atoms with Crippen molar-refractivity contribution < 1.29 is 14.3 Å². The Morgan fingerprint density at radius 3 is 2.43 bits per heavy atom. The van der Waals surface area contributed by atoms with E-state index in [1.165, 1.54) is 0 Å². The van der Waals surface area contributed by atoms with Crippen molar-refractivity contribution in [3.05, 3.63) is 31.6 Å². The van der Waals surface area contributed by atoms with E-state index in [9.17, 15) is 20.2 Å².